The molecule has 5 nitrogen and oxygen atoms in total. The molecule has 2 atom stereocenters. The Labute approximate surface area is 111 Å². The lowest BCUT2D eigenvalue weighted by Crippen LogP contribution is -2.24. The first-order valence-corrected chi connectivity index (χ1v) is 6.33. The van der Waals surface area contributed by atoms with Gasteiger partial charge < -0.3 is 18.9 Å². The molecule has 5 heteroatoms. The van der Waals surface area contributed by atoms with Crippen molar-refractivity contribution in [1.29, 1.82) is 0 Å². The van der Waals surface area contributed by atoms with E-state index in [1.807, 2.05) is 20.8 Å². The van der Waals surface area contributed by atoms with Gasteiger partial charge in [0.25, 0.3) is 0 Å². The van der Waals surface area contributed by atoms with Gasteiger partial charge in [0.05, 0.1) is 19.3 Å². The fourth-order valence-electron chi connectivity index (χ4n) is 1.10. The Morgan fingerprint density at radius 1 is 1.06 bits per heavy atom. The number of ether oxygens (including phenoxy) is 4. The second-order valence-corrected chi connectivity index (χ2v) is 3.80. The maximum atomic E-state index is 10.5. The van der Waals surface area contributed by atoms with Crippen molar-refractivity contribution in [3.05, 3.63) is 0 Å². The zero-order chi connectivity index (χ0) is 14.4. The average molecular weight is 264 g/mol. The number of carbonyl (C=O) groups is 1. The van der Waals surface area contributed by atoms with Crippen molar-refractivity contribution in [3.8, 4) is 0 Å². The van der Waals surface area contributed by atoms with Gasteiger partial charge in [0.15, 0.2) is 0 Å². The molecule has 0 aliphatic rings. The van der Waals surface area contributed by atoms with Gasteiger partial charge in [0.2, 0.25) is 0 Å². The number of hydrogen-bond acceptors (Lipinski definition) is 5. The third-order valence-electron chi connectivity index (χ3n) is 1.79. The molecule has 0 aliphatic heterocycles. The Morgan fingerprint density at radius 2 is 1.61 bits per heavy atom. The van der Waals surface area contributed by atoms with E-state index in [1.165, 1.54) is 6.92 Å². The third-order valence-corrected chi connectivity index (χ3v) is 1.79. The van der Waals surface area contributed by atoms with E-state index in [-0.39, 0.29) is 18.2 Å². The van der Waals surface area contributed by atoms with Crippen LogP contribution in [0.3, 0.4) is 0 Å². The quantitative estimate of drug-likeness (QED) is 0.628. The summed E-state index contributed by atoms with van der Waals surface area (Å²) in [5, 5.41) is 0. The molecule has 0 aromatic rings. The van der Waals surface area contributed by atoms with Gasteiger partial charge in [-0.05, 0) is 27.7 Å². The van der Waals surface area contributed by atoms with Gasteiger partial charge in [-0.3, -0.25) is 4.79 Å². The Morgan fingerprint density at radius 3 is 1.94 bits per heavy atom. The second kappa shape index (κ2) is 14.4. The number of hydrogen-bond donors (Lipinski definition) is 0. The highest BCUT2D eigenvalue weighted by Crippen LogP contribution is 1.97. The lowest BCUT2D eigenvalue weighted by molar-refractivity contribution is -0.149. The van der Waals surface area contributed by atoms with Crippen LogP contribution in [-0.4, -0.2) is 51.7 Å². The lowest BCUT2D eigenvalue weighted by Gasteiger charge is -2.16. The van der Waals surface area contributed by atoms with Gasteiger partial charge >= 0.3 is 5.97 Å². The van der Waals surface area contributed by atoms with E-state index < -0.39 is 0 Å². The maximum Gasteiger partial charge on any atom is 0.302 e. The normalized spacial score (nSPS) is 13.2. The SMILES string of the molecule is CCOCC.COCC(C)OCC(C)OC(C)=O. The van der Waals surface area contributed by atoms with Gasteiger partial charge in [0.1, 0.15) is 6.10 Å². The Balaban J connectivity index is 0. The largest absolute Gasteiger partial charge is 0.460 e. The van der Waals surface area contributed by atoms with Gasteiger partial charge in [-0.1, -0.05) is 0 Å². The highest BCUT2D eigenvalue weighted by atomic mass is 16.6. The molecule has 0 aromatic heterocycles. The third kappa shape index (κ3) is 17.7. The molecule has 110 valence electrons. The standard InChI is InChI=1S/C9H18O4.C4H10O/c1-7(5-11-4)12-6-8(2)13-9(3)10;1-3-5-4-2/h7-8H,5-6H2,1-4H3;3-4H2,1-2H3. The first kappa shape index (κ1) is 19.7. The fourth-order valence-corrected chi connectivity index (χ4v) is 1.10. The molecule has 0 rings (SSSR count). The summed E-state index contributed by atoms with van der Waals surface area (Å²) in [5.41, 5.74) is 0. The van der Waals surface area contributed by atoms with E-state index in [1.54, 1.807) is 14.0 Å². The minimum absolute atomic E-state index is 0.0306. The Bertz CT molecular complexity index is 182. The highest BCUT2D eigenvalue weighted by Gasteiger charge is 2.08. The van der Waals surface area contributed by atoms with Gasteiger partial charge in [-0.2, -0.15) is 0 Å². The monoisotopic (exact) mass is 264 g/mol. The smallest absolute Gasteiger partial charge is 0.302 e. The molecular formula is C13H28O5. The van der Waals surface area contributed by atoms with E-state index in [9.17, 15) is 4.79 Å². The van der Waals surface area contributed by atoms with Crippen LogP contribution in [-0.2, 0) is 23.7 Å². The second-order valence-electron chi connectivity index (χ2n) is 3.80. The molecule has 0 radical (unpaired) electrons. The van der Waals surface area contributed by atoms with Gasteiger partial charge in [-0.25, -0.2) is 0 Å². The number of rotatable bonds is 8. The Kier molecular flexibility index (Phi) is 15.8. The van der Waals surface area contributed by atoms with E-state index in [4.69, 9.17) is 18.9 Å². The summed E-state index contributed by atoms with van der Waals surface area (Å²) in [7, 11) is 1.62. The zero-order valence-corrected chi connectivity index (χ0v) is 12.5. The van der Waals surface area contributed by atoms with Crippen LogP contribution >= 0.6 is 0 Å². The topological polar surface area (TPSA) is 54.0 Å². The summed E-state index contributed by atoms with van der Waals surface area (Å²) >= 11 is 0. The molecule has 0 bridgehead atoms. The summed E-state index contributed by atoms with van der Waals surface area (Å²) in [6.45, 7) is 11.7. The summed E-state index contributed by atoms with van der Waals surface area (Å²) in [4.78, 5) is 10.5. The van der Waals surface area contributed by atoms with Crippen molar-refractivity contribution in [1.82, 2.24) is 0 Å². The minimum Gasteiger partial charge on any atom is -0.460 e. The predicted molar refractivity (Wildman–Crippen MR) is 70.7 cm³/mol. The fraction of sp³-hybridized carbons (Fsp3) is 0.923. The number of esters is 1. The Hall–Kier alpha value is -0.650. The molecule has 0 heterocycles. The van der Waals surface area contributed by atoms with Crippen molar-refractivity contribution < 1.29 is 23.7 Å². The molecule has 0 aromatic carbocycles. The first-order valence-electron chi connectivity index (χ1n) is 6.33. The summed E-state index contributed by atoms with van der Waals surface area (Å²) in [5.74, 6) is -0.282. The van der Waals surface area contributed by atoms with Crippen molar-refractivity contribution >= 4 is 5.97 Å². The van der Waals surface area contributed by atoms with Crippen LogP contribution in [0.4, 0.5) is 0 Å². The molecule has 2 unspecified atom stereocenters. The molecule has 0 N–H and O–H groups in total. The predicted octanol–water partition coefficient (Wildman–Crippen LogP) is 2.03. The molecule has 0 spiro atoms. The first-order chi connectivity index (χ1) is 8.47. The lowest BCUT2D eigenvalue weighted by atomic mass is 10.4. The molecule has 0 saturated carbocycles. The van der Waals surface area contributed by atoms with E-state index >= 15 is 0 Å². The zero-order valence-electron chi connectivity index (χ0n) is 12.5. The summed E-state index contributed by atoms with van der Waals surface area (Å²) in [6, 6.07) is 0. The van der Waals surface area contributed by atoms with Crippen LogP contribution in [0.25, 0.3) is 0 Å². The molecular weight excluding hydrogens is 236 g/mol. The van der Waals surface area contributed by atoms with Crippen LogP contribution in [0, 0.1) is 0 Å². The van der Waals surface area contributed by atoms with Crippen LogP contribution in [0.5, 0.6) is 0 Å². The molecule has 0 aliphatic carbocycles. The van der Waals surface area contributed by atoms with E-state index in [2.05, 4.69) is 0 Å². The number of carbonyl (C=O) groups excluding carboxylic acids is 1. The number of methoxy groups -OCH3 is 1. The van der Waals surface area contributed by atoms with Gasteiger partial charge in [0, 0.05) is 27.2 Å². The van der Waals surface area contributed by atoms with Crippen LogP contribution in [0.2, 0.25) is 0 Å². The van der Waals surface area contributed by atoms with E-state index in [0.717, 1.165) is 13.2 Å². The maximum absolute atomic E-state index is 10.5. The van der Waals surface area contributed by atoms with Crippen molar-refractivity contribution in [3.63, 3.8) is 0 Å². The molecule has 0 saturated heterocycles. The molecule has 0 amide bonds. The summed E-state index contributed by atoms with van der Waals surface area (Å²) < 4.78 is 19.9. The van der Waals surface area contributed by atoms with Crippen molar-refractivity contribution in [2.75, 3.05) is 33.5 Å². The van der Waals surface area contributed by atoms with Crippen molar-refractivity contribution in [2.24, 2.45) is 0 Å². The van der Waals surface area contributed by atoms with E-state index in [0.29, 0.717) is 13.2 Å². The van der Waals surface area contributed by atoms with Crippen molar-refractivity contribution in [2.45, 2.75) is 46.8 Å². The average Bonchev–Trinajstić information content (AvgIpc) is 2.28. The molecule has 18 heavy (non-hydrogen) atoms. The minimum atomic E-state index is -0.282. The highest BCUT2D eigenvalue weighted by molar-refractivity contribution is 5.66. The molecule has 0 fully saturated rings. The van der Waals surface area contributed by atoms with Crippen LogP contribution < -0.4 is 0 Å². The van der Waals surface area contributed by atoms with Crippen LogP contribution in [0.1, 0.15) is 34.6 Å². The van der Waals surface area contributed by atoms with Crippen LogP contribution in [0.15, 0.2) is 0 Å². The summed E-state index contributed by atoms with van der Waals surface area (Å²) in [6.07, 6.45) is -0.167. The van der Waals surface area contributed by atoms with Gasteiger partial charge in [-0.15, -0.1) is 0 Å².